The molecule has 0 aliphatic carbocycles. The number of benzene rings is 3. The molecule has 6 rings (SSSR count). The van der Waals surface area contributed by atoms with Gasteiger partial charge < -0.3 is 26.2 Å². The number of piperazine rings is 1. The van der Waals surface area contributed by atoms with E-state index in [9.17, 15) is 23.6 Å². The van der Waals surface area contributed by atoms with E-state index in [1.165, 1.54) is 23.5 Å². The van der Waals surface area contributed by atoms with Gasteiger partial charge in [0.1, 0.15) is 18.0 Å². The minimum Gasteiger partial charge on any atom is -0.375 e. The Hall–Kier alpha value is -5.08. The van der Waals surface area contributed by atoms with Gasteiger partial charge in [-0.25, -0.2) is 14.2 Å². The lowest BCUT2D eigenvalue weighted by Gasteiger charge is -2.46. The Kier molecular flexibility index (Phi) is 9.31. The summed E-state index contributed by atoms with van der Waals surface area (Å²) < 4.78 is 14.3. The van der Waals surface area contributed by atoms with Crippen LogP contribution in [0.25, 0.3) is 10.2 Å². The van der Waals surface area contributed by atoms with E-state index < -0.39 is 18.2 Å². The van der Waals surface area contributed by atoms with Crippen molar-refractivity contribution in [1.82, 2.24) is 30.1 Å². The van der Waals surface area contributed by atoms with Gasteiger partial charge in [-0.3, -0.25) is 19.4 Å². The van der Waals surface area contributed by atoms with Gasteiger partial charge in [-0.05, 0) is 53.4 Å². The highest BCUT2D eigenvalue weighted by molar-refractivity contribution is 7.22. The fourth-order valence-electron chi connectivity index (χ4n) is 6.20. The monoisotopic (exact) mass is 658 g/mol. The fourth-order valence-corrected chi connectivity index (χ4v) is 6.99. The molecule has 2 aliphatic rings. The zero-order valence-corrected chi connectivity index (χ0v) is 26.6. The van der Waals surface area contributed by atoms with Crippen LogP contribution >= 0.6 is 11.3 Å². The molecule has 1 aromatic heterocycles. The third kappa shape index (κ3) is 6.74. The molecule has 0 bridgehead atoms. The van der Waals surface area contributed by atoms with Gasteiger partial charge in [0.2, 0.25) is 18.2 Å². The summed E-state index contributed by atoms with van der Waals surface area (Å²) in [6, 6.07) is 17.5. The Labute approximate surface area is 274 Å². The third-order valence-electron chi connectivity index (χ3n) is 8.39. The van der Waals surface area contributed by atoms with Crippen LogP contribution in [0, 0.1) is 5.82 Å². The quantitative estimate of drug-likeness (QED) is 0.209. The summed E-state index contributed by atoms with van der Waals surface area (Å²) in [5.41, 5.74) is 9.72. The number of thiazole rings is 1. The number of nitrogen functional groups attached to an aromatic ring is 1. The zero-order chi connectivity index (χ0) is 33.1. The lowest BCUT2D eigenvalue weighted by molar-refractivity contribution is -0.157. The van der Waals surface area contributed by atoms with Crippen molar-refractivity contribution in [3.63, 3.8) is 0 Å². The van der Waals surface area contributed by atoms with E-state index in [2.05, 4.69) is 15.6 Å². The highest BCUT2D eigenvalue weighted by Crippen LogP contribution is 2.32. The van der Waals surface area contributed by atoms with Crippen molar-refractivity contribution < 1.29 is 23.6 Å². The summed E-state index contributed by atoms with van der Waals surface area (Å²) in [5.74, 6) is -0.832. The number of urea groups is 1. The van der Waals surface area contributed by atoms with Gasteiger partial charge in [0.05, 0.1) is 23.3 Å². The Morgan fingerprint density at radius 2 is 1.85 bits per heavy atom. The van der Waals surface area contributed by atoms with Gasteiger partial charge >= 0.3 is 6.03 Å². The van der Waals surface area contributed by atoms with Gasteiger partial charge in [-0.2, -0.15) is 5.01 Å². The predicted molar refractivity (Wildman–Crippen MR) is 176 cm³/mol. The van der Waals surface area contributed by atoms with Crippen LogP contribution in [0.2, 0.25) is 0 Å². The number of hydrogen-bond donors (Lipinski definition) is 3. The predicted octanol–water partition coefficient (Wildman–Crippen LogP) is 3.55. The van der Waals surface area contributed by atoms with E-state index in [1.807, 2.05) is 37.3 Å². The Balaban J connectivity index is 1.30. The molecule has 0 radical (unpaired) electrons. The molecule has 14 heteroatoms. The van der Waals surface area contributed by atoms with Crippen molar-refractivity contribution in [2.75, 3.05) is 30.7 Å². The number of nitrogens with one attached hydrogen (secondary N) is 2. The highest BCUT2D eigenvalue weighted by atomic mass is 32.1. The van der Waals surface area contributed by atoms with Crippen LogP contribution in [0.4, 0.5) is 20.0 Å². The number of nitrogens with two attached hydrogens (primary N) is 1. The van der Waals surface area contributed by atoms with Gasteiger partial charge in [0.15, 0.2) is 5.13 Å². The van der Waals surface area contributed by atoms with Gasteiger partial charge in [0.25, 0.3) is 0 Å². The SMILES string of the molecule is CCCN(C(=O)NCc1ccc(F)cc1)N1CC(=O)N2[C@@H](Cc3ccc(NC=O)cc3)C(=O)N(Cc3cccc4sc(N)nc34)C[C@@H]21. The Bertz CT molecular complexity index is 1780. The maximum absolute atomic E-state index is 14.2. The van der Waals surface area contributed by atoms with Crippen LogP contribution in [0.1, 0.15) is 30.0 Å². The molecule has 2 atom stereocenters. The smallest absolute Gasteiger partial charge is 0.332 e. The molecule has 3 heterocycles. The van der Waals surface area contributed by atoms with E-state index >= 15 is 0 Å². The standard InChI is InChI=1S/C33H35FN8O4S/c1-2-14-40(33(46)36-16-22-6-10-24(34)11-7-22)41-19-29(44)42-26(15-21-8-12-25(13-9-21)37-20-43)31(45)39(18-28(41)42)17-23-4-3-5-27-30(23)38-32(35)47-27/h3-13,20,26,28H,2,14-19H2,1H3,(H2,35,38)(H,36,46)(H,37,43)/t26-,28+/m0/s1. The molecule has 3 aromatic carbocycles. The number of hydrazine groups is 1. The average molecular weight is 659 g/mol. The van der Waals surface area contributed by atoms with Gasteiger partial charge in [0, 0.05) is 31.7 Å². The largest absolute Gasteiger partial charge is 0.375 e. The maximum Gasteiger partial charge on any atom is 0.332 e. The number of halogens is 1. The second-order valence-corrected chi connectivity index (χ2v) is 12.6. The summed E-state index contributed by atoms with van der Waals surface area (Å²) in [5, 5.41) is 9.23. The molecule has 0 saturated carbocycles. The molecule has 5 amide bonds. The number of para-hydroxylation sites is 1. The molecule has 244 valence electrons. The number of anilines is 2. The van der Waals surface area contributed by atoms with Crippen molar-refractivity contribution in [2.45, 2.75) is 45.1 Å². The first-order valence-corrected chi connectivity index (χ1v) is 16.2. The van der Waals surface area contributed by atoms with Crippen molar-refractivity contribution in [3.05, 3.63) is 89.2 Å². The van der Waals surface area contributed by atoms with Crippen LogP contribution < -0.4 is 16.4 Å². The van der Waals surface area contributed by atoms with Crippen LogP contribution in [0.15, 0.2) is 66.7 Å². The Morgan fingerprint density at radius 3 is 2.57 bits per heavy atom. The van der Waals surface area contributed by atoms with Crippen molar-refractivity contribution in [2.24, 2.45) is 0 Å². The number of amides is 5. The number of nitrogens with zero attached hydrogens (tertiary/aromatic N) is 5. The van der Waals surface area contributed by atoms with E-state index in [1.54, 1.807) is 44.1 Å². The molecule has 4 N–H and O–H groups in total. The third-order valence-corrected chi connectivity index (χ3v) is 9.24. The first-order chi connectivity index (χ1) is 22.7. The molecule has 0 spiro atoms. The lowest BCUT2D eigenvalue weighted by atomic mass is 9.99. The number of rotatable bonds is 11. The number of hydrogen-bond acceptors (Lipinski definition) is 8. The van der Waals surface area contributed by atoms with Crippen molar-refractivity contribution >= 4 is 56.6 Å². The molecule has 47 heavy (non-hydrogen) atoms. The van der Waals surface area contributed by atoms with E-state index in [0.717, 1.165) is 26.9 Å². The normalized spacial score (nSPS) is 18.0. The molecule has 0 unspecified atom stereocenters. The summed E-state index contributed by atoms with van der Waals surface area (Å²) in [6.45, 7) is 2.80. The molecule has 4 aromatic rings. The average Bonchev–Trinajstić information content (AvgIpc) is 3.61. The topological polar surface area (TPSA) is 144 Å². The lowest BCUT2D eigenvalue weighted by Crippen LogP contribution is -2.66. The number of carbonyl (C=O) groups is 4. The zero-order valence-electron chi connectivity index (χ0n) is 25.8. The van der Waals surface area contributed by atoms with E-state index in [-0.39, 0.29) is 50.2 Å². The first kappa shape index (κ1) is 31.9. The maximum atomic E-state index is 14.2. The minimum absolute atomic E-state index is 0.0767. The first-order valence-electron chi connectivity index (χ1n) is 15.3. The molecule has 2 saturated heterocycles. The molecular formula is C33H35FN8O4S. The van der Waals surface area contributed by atoms with Crippen molar-refractivity contribution in [3.8, 4) is 0 Å². The number of carbonyl (C=O) groups excluding carboxylic acids is 4. The van der Waals surface area contributed by atoms with Crippen LogP contribution in [0.3, 0.4) is 0 Å². The molecule has 2 aliphatic heterocycles. The second-order valence-electron chi connectivity index (χ2n) is 11.5. The second kappa shape index (κ2) is 13.7. The van der Waals surface area contributed by atoms with Crippen molar-refractivity contribution in [1.29, 1.82) is 0 Å². The van der Waals surface area contributed by atoms with Crippen LogP contribution in [-0.2, 0) is 33.9 Å². The summed E-state index contributed by atoms with van der Waals surface area (Å²) in [7, 11) is 0. The van der Waals surface area contributed by atoms with Gasteiger partial charge in [-0.15, -0.1) is 0 Å². The molecular weight excluding hydrogens is 623 g/mol. The number of fused-ring (bicyclic) bond motifs is 2. The molecule has 12 nitrogen and oxygen atoms in total. The summed E-state index contributed by atoms with van der Waals surface area (Å²) >= 11 is 1.37. The fraction of sp³-hybridized carbons (Fsp3) is 0.303. The van der Waals surface area contributed by atoms with Gasteiger partial charge in [-0.1, -0.05) is 54.7 Å². The van der Waals surface area contributed by atoms with E-state index in [4.69, 9.17) is 5.73 Å². The summed E-state index contributed by atoms with van der Waals surface area (Å²) in [6.07, 6.45) is 0.852. The Morgan fingerprint density at radius 1 is 1.11 bits per heavy atom. The van der Waals surface area contributed by atoms with Crippen LogP contribution in [0.5, 0.6) is 0 Å². The molecule has 2 fully saturated rings. The minimum atomic E-state index is -0.832. The number of aromatic nitrogens is 1. The highest BCUT2D eigenvalue weighted by Gasteiger charge is 2.52. The van der Waals surface area contributed by atoms with E-state index in [0.29, 0.717) is 30.2 Å². The van der Waals surface area contributed by atoms with Crippen LogP contribution in [-0.4, -0.2) is 80.9 Å². The summed E-state index contributed by atoms with van der Waals surface area (Å²) in [4.78, 5) is 60.3.